The van der Waals surface area contributed by atoms with Crippen LogP contribution in [0.3, 0.4) is 0 Å². The number of amides is 1. The monoisotopic (exact) mass is 449 g/mol. The number of hydrogen-bond acceptors (Lipinski definition) is 4. The summed E-state index contributed by atoms with van der Waals surface area (Å²) in [5.74, 6) is -0.193. The summed E-state index contributed by atoms with van der Waals surface area (Å²) in [6.07, 6.45) is 1.76. The molecule has 1 N–H and O–H groups in total. The van der Waals surface area contributed by atoms with Gasteiger partial charge in [-0.15, -0.1) is 0 Å². The quantitative estimate of drug-likeness (QED) is 0.661. The third-order valence-corrected chi connectivity index (χ3v) is 7.30. The summed E-state index contributed by atoms with van der Waals surface area (Å²) >= 11 is 6.07. The zero-order chi connectivity index (χ0) is 21.7. The highest BCUT2D eigenvalue weighted by molar-refractivity contribution is 7.89. The average molecular weight is 450 g/mol. The minimum absolute atomic E-state index is 0.150. The van der Waals surface area contributed by atoms with Gasteiger partial charge in [-0.1, -0.05) is 29.8 Å². The van der Waals surface area contributed by atoms with Crippen LogP contribution in [0.5, 0.6) is 0 Å². The van der Waals surface area contributed by atoms with E-state index in [4.69, 9.17) is 11.6 Å². The molecule has 2 aromatic carbocycles. The predicted octanol–water partition coefficient (Wildman–Crippen LogP) is 3.97. The SMILES string of the molecule is CC(C)N(CC(=O)Nc1cccc(S(=O)(=O)N2CCCC2)c1)Cc1cccc(Cl)c1. The first-order valence-corrected chi connectivity index (χ1v) is 12.0. The number of halogens is 1. The van der Waals surface area contributed by atoms with E-state index < -0.39 is 10.0 Å². The first-order chi connectivity index (χ1) is 14.3. The molecule has 0 spiro atoms. The van der Waals surface area contributed by atoms with Gasteiger partial charge in [0.05, 0.1) is 11.4 Å². The van der Waals surface area contributed by atoms with Crippen molar-refractivity contribution in [3.63, 3.8) is 0 Å². The Morgan fingerprint density at radius 1 is 1.13 bits per heavy atom. The lowest BCUT2D eigenvalue weighted by molar-refractivity contribution is -0.117. The molecule has 1 saturated heterocycles. The van der Waals surface area contributed by atoms with Crippen molar-refractivity contribution in [1.29, 1.82) is 0 Å². The second-order valence-corrected chi connectivity index (χ2v) is 10.2. The van der Waals surface area contributed by atoms with Crippen molar-refractivity contribution in [2.24, 2.45) is 0 Å². The van der Waals surface area contributed by atoms with Gasteiger partial charge in [0.2, 0.25) is 15.9 Å². The van der Waals surface area contributed by atoms with Crippen LogP contribution in [-0.2, 0) is 21.4 Å². The molecule has 0 radical (unpaired) electrons. The first-order valence-electron chi connectivity index (χ1n) is 10.1. The van der Waals surface area contributed by atoms with E-state index >= 15 is 0 Å². The van der Waals surface area contributed by atoms with Gasteiger partial charge in [-0.2, -0.15) is 4.31 Å². The molecule has 1 aliphatic rings. The average Bonchev–Trinajstić information content (AvgIpc) is 3.23. The Morgan fingerprint density at radius 3 is 2.50 bits per heavy atom. The van der Waals surface area contributed by atoms with Gasteiger partial charge in [0.1, 0.15) is 0 Å². The molecule has 1 heterocycles. The summed E-state index contributed by atoms with van der Waals surface area (Å²) in [4.78, 5) is 14.9. The number of hydrogen-bond donors (Lipinski definition) is 1. The van der Waals surface area contributed by atoms with E-state index in [1.807, 2.05) is 43.0 Å². The van der Waals surface area contributed by atoms with Gasteiger partial charge < -0.3 is 5.32 Å². The van der Waals surface area contributed by atoms with Crippen LogP contribution in [0.2, 0.25) is 5.02 Å². The highest BCUT2D eigenvalue weighted by Crippen LogP contribution is 2.23. The number of nitrogens with one attached hydrogen (secondary N) is 1. The van der Waals surface area contributed by atoms with Crippen molar-refractivity contribution in [3.8, 4) is 0 Å². The third-order valence-electron chi connectivity index (χ3n) is 5.17. The first kappa shape index (κ1) is 22.7. The Morgan fingerprint density at radius 2 is 1.83 bits per heavy atom. The Hall–Kier alpha value is -1.93. The lowest BCUT2D eigenvalue weighted by Gasteiger charge is -2.26. The van der Waals surface area contributed by atoms with Crippen LogP contribution in [0.4, 0.5) is 5.69 Å². The van der Waals surface area contributed by atoms with Gasteiger partial charge >= 0.3 is 0 Å². The minimum atomic E-state index is -3.52. The largest absolute Gasteiger partial charge is 0.325 e. The Labute approximate surface area is 183 Å². The fourth-order valence-electron chi connectivity index (χ4n) is 3.49. The van der Waals surface area contributed by atoms with Crippen LogP contribution < -0.4 is 5.32 Å². The van der Waals surface area contributed by atoms with E-state index in [2.05, 4.69) is 5.32 Å². The second-order valence-electron chi connectivity index (χ2n) is 7.82. The van der Waals surface area contributed by atoms with Gasteiger partial charge in [0, 0.05) is 36.4 Å². The number of sulfonamides is 1. The number of carbonyl (C=O) groups is 1. The van der Waals surface area contributed by atoms with Crippen LogP contribution in [0.1, 0.15) is 32.3 Å². The molecule has 0 unspecified atom stereocenters. The van der Waals surface area contributed by atoms with Crippen molar-refractivity contribution in [2.75, 3.05) is 25.0 Å². The summed E-state index contributed by atoms with van der Waals surface area (Å²) in [5.41, 5.74) is 1.51. The maximum atomic E-state index is 12.8. The van der Waals surface area contributed by atoms with Gasteiger partial charge in [0.25, 0.3) is 0 Å². The number of rotatable bonds is 8. The summed E-state index contributed by atoms with van der Waals surface area (Å²) in [5, 5.41) is 3.50. The van der Waals surface area contributed by atoms with E-state index in [9.17, 15) is 13.2 Å². The van der Waals surface area contributed by atoms with Crippen LogP contribution >= 0.6 is 11.6 Å². The lowest BCUT2D eigenvalue weighted by atomic mass is 10.2. The van der Waals surface area contributed by atoms with Crippen LogP contribution in [0.15, 0.2) is 53.4 Å². The van der Waals surface area contributed by atoms with Crippen LogP contribution in [0, 0.1) is 0 Å². The standard InChI is InChI=1S/C22H28ClN3O3S/c1-17(2)25(15-18-7-5-8-19(23)13-18)16-22(27)24-20-9-6-10-21(14-20)30(28,29)26-11-3-4-12-26/h5-10,13-14,17H,3-4,11-12,15-16H2,1-2H3,(H,24,27). The number of nitrogens with zero attached hydrogens (tertiary/aromatic N) is 2. The summed E-state index contributed by atoms with van der Waals surface area (Å²) < 4.78 is 27.0. The fraction of sp³-hybridized carbons (Fsp3) is 0.409. The number of benzene rings is 2. The van der Waals surface area contributed by atoms with E-state index in [0.717, 1.165) is 18.4 Å². The molecule has 8 heteroatoms. The third kappa shape index (κ3) is 5.82. The van der Waals surface area contributed by atoms with E-state index in [1.54, 1.807) is 18.2 Å². The van der Waals surface area contributed by atoms with Gasteiger partial charge in [-0.3, -0.25) is 9.69 Å². The maximum Gasteiger partial charge on any atom is 0.243 e. The molecule has 0 bridgehead atoms. The zero-order valence-electron chi connectivity index (χ0n) is 17.3. The highest BCUT2D eigenvalue weighted by Gasteiger charge is 2.27. The molecule has 1 fully saturated rings. The molecule has 6 nitrogen and oxygen atoms in total. The van der Waals surface area contributed by atoms with Crippen molar-refractivity contribution in [3.05, 3.63) is 59.1 Å². The van der Waals surface area contributed by atoms with Crippen LogP contribution in [0.25, 0.3) is 0 Å². The number of carbonyl (C=O) groups excluding carboxylic acids is 1. The maximum absolute atomic E-state index is 12.8. The van der Waals surface area contributed by atoms with Crippen LogP contribution in [-0.4, -0.2) is 49.2 Å². The predicted molar refractivity (Wildman–Crippen MR) is 120 cm³/mol. The fourth-order valence-corrected chi connectivity index (χ4v) is 5.26. The smallest absolute Gasteiger partial charge is 0.243 e. The molecule has 0 atom stereocenters. The Kier molecular flexibility index (Phi) is 7.52. The summed E-state index contributed by atoms with van der Waals surface area (Å²) in [7, 11) is -3.52. The molecular formula is C22H28ClN3O3S. The summed E-state index contributed by atoms with van der Waals surface area (Å²) in [6, 6.07) is 14.2. The van der Waals surface area contributed by atoms with Gasteiger partial charge in [0.15, 0.2) is 0 Å². The highest BCUT2D eigenvalue weighted by atomic mass is 35.5. The molecule has 2 aromatic rings. The van der Waals surface area contributed by atoms with Crippen molar-refractivity contribution in [1.82, 2.24) is 9.21 Å². The molecule has 0 aromatic heterocycles. The molecule has 0 aliphatic carbocycles. The van der Waals surface area contributed by atoms with E-state index in [-0.39, 0.29) is 23.4 Å². The molecule has 30 heavy (non-hydrogen) atoms. The molecule has 3 rings (SSSR count). The minimum Gasteiger partial charge on any atom is -0.325 e. The van der Waals surface area contributed by atoms with Gasteiger partial charge in [-0.25, -0.2) is 8.42 Å². The molecule has 162 valence electrons. The zero-order valence-corrected chi connectivity index (χ0v) is 18.9. The van der Waals surface area contributed by atoms with Crippen molar-refractivity contribution < 1.29 is 13.2 Å². The molecule has 0 saturated carbocycles. The van der Waals surface area contributed by atoms with Crippen molar-refractivity contribution in [2.45, 2.75) is 44.2 Å². The second kappa shape index (κ2) is 9.92. The summed E-state index contributed by atoms with van der Waals surface area (Å²) in [6.45, 7) is 5.93. The number of anilines is 1. The lowest BCUT2D eigenvalue weighted by Crippen LogP contribution is -2.37. The Balaban J connectivity index is 1.67. The topological polar surface area (TPSA) is 69.7 Å². The Bertz CT molecular complexity index is 989. The van der Waals surface area contributed by atoms with E-state index in [0.29, 0.717) is 30.3 Å². The van der Waals surface area contributed by atoms with E-state index in [1.165, 1.54) is 10.4 Å². The molecular weight excluding hydrogens is 422 g/mol. The van der Waals surface area contributed by atoms with Gasteiger partial charge in [-0.05, 0) is 62.6 Å². The molecule has 1 aliphatic heterocycles. The van der Waals surface area contributed by atoms with Crippen molar-refractivity contribution >= 4 is 33.2 Å². The normalized spacial score (nSPS) is 15.1. The molecule has 1 amide bonds.